The third kappa shape index (κ3) is 3.51. The van der Waals surface area contributed by atoms with E-state index in [2.05, 4.69) is 10.3 Å². The lowest BCUT2D eigenvalue weighted by molar-refractivity contribution is -0.151. The van der Waals surface area contributed by atoms with Gasteiger partial charge in [-0.05, 0) is 36.6 Å². The number of anilines is 1. The Bertz CT molecular complexity index is 799. The fourth-order valence-electron chi connectivity index (χ4n) is 3.21. The lowest BCUT2D eigenvalue weighted by Gasteiger charge is -2.44. The maximum absolute atomic E-state index is 13.5. The van der Waals surface area contributed by atoms with Crippen LogP contribution in [-0.4, -0.2) is 34.5 Å². The number of pyridine rings is 1. The van der Waals surface area contributed by atoms with E-state index in [-0.39, 0.29) is 11.9 Å². The van der Waals surface area contributed by atoms with Gasteiger partial charge in [0.05, 0.1) is 18.0 Å². The van der Waals surface area contributed by atoms with Crippen LogP contribution in [0.2, 0.25) is 0 Å². The van der Waals surface area contributed by atoms with E-state index >= 15 is 0 Å². The molecule has 26 heavy (non-hydrogen) atoms. The second kappa shape index (κ2) is 7.51. The van der Waals surface area contributed by atoms with Gasteiger partial charge in [-0.3, -0.25) is 9.69 Å². The number of carbonyl (C=O) groups excluding carboxylic acids is 2. The van der Waals surface area contributed by atoms with Gasteiger partial charge in [0, 0.05) is 6.20 Å². The van der Waals surface area contributed by atoms with Gasteiger partial charge in [0.1, 0.15) is 12.5 Å². The molecule has 136 valence electrons. The molecular weight excluding hydrogens is 335 g/mol. The van der Waals surface area contributed by atoms with Crippen LogP contribution in [0.3, 0.4) is 0 Å². The SMILES string of the molecule is C[C@@H](NC(=O)N1C(=O)[C@H](Cc2ccnc(N)c2)[C@H]1CF)c1ccccc1. The zero-order valence-electron chi connectivity index (χ0n) is 14.4. The first-order valence-electron chi connectivity index (χ1n) is 8.46. The summed E-state index contributed by atoms with van der Waals surface area (Å²) in [7, 11) is 0. The van der Waals surface area contributed by atoms with Crippen molar-refractivity contribution in [2.24, 2.45) is 5.92 Å². The highest BCUT2D eigenvalue weighted by Crippen LogP contribution is 2.31. The minimum absolute atomic E-state index is 0.282. The number of nitrogens with one attached hydrogen (secondary N) is 1. The second-order valence-electron chi connectivity index (χ2n) is 6.41. The van der Waals surface area contributed by atoms with Crippen LogP contribution < -0.4 is 11.1 Å². The number of nitrogens with two attached hydrogens (primary N) is 1. The Balaban J connectivity index is 1.65. The first-order chi connectivity index (χ1) is 12.5. The fourth-order valence-corrected chi connectivity index (χ4v) is 3.21. The molecule has 1 aromatic carbocycles. The number of nitrogens with zero attached hydrogens (tertiary/aromatic N) is 2. The average Bonchev–Trinajstić information content (AvgIpc) is 2.64. The minimum Gasteiger partial charge on any atom is -0.384 e. The van der Waals surface area contributed by atoms with Crippen LogP contribution >= 0.6 is 0 Å². The van der Waals surface area contributed by atoms with Crippen molar-refractivity contribution in [3.63, 3.8) is 0 Å². The molecule has 3 atom stereocenters. The number of alkyl halides is 1. The number of carbonyl (C=O) groups is 2. The summed E-state index contributed by atoms with van der Waals surface area (Å²) < 4.78 is 13.5. The Kier molecular flexibility index (Phi) is 5.16. The Morgan fingerprint density at radius 2 is 2.08 bits per heavy atom. The molecule has 0 saturated carbocycles. The predicted octanol–water partition coefficient (Wildman–Crippen LogP) is 2.47. The standard InChI is InChI=1S/C19H21FN4O2/c1-12(14-5-3-2-4-6-14)23-19(26)24-16(11-20)15(18(24)25)9-13-7-8-22-17(21)10-13/h2-8,10,12,15-16H,9,11H2,1H3,(H2,21,22)(H,23,26)/t12-,15-,16-/m1/s1. The molecule has 3 rings (SSSR count). The summed E-state index contributed by atoms with van der Waals surface area (Å²) in [4.78, 5) is 29.7. The lowest BCUT2D eigenvalue weighted by atomic mass is 9.83. The third-order valence-electron chi connectivity index (χ3n) is 4.67. The molecule has 3 amide bonds. The van der Waals surface area contributed by atoms with Gasteiger partial charge >= 0.3 is 6.03 Å². The topological polar surface area (TPSA) is 88.3 Å². The minimum atomic E-state index is -0.774. The summed E-state index contributed by atoms with van der Waals surface area (Å²) in [5, 5.41) is 2.76. The normalized spacial score (nSPS) is 20.4. The first kappa shape index (κ1) is 17.8. The van der Waals surface area contributed by atoms with Crippen LogP contribution in [0.25, 0.3) is 0 Å². The summed E-state index contributed by atoms with van der Waals surface area (Å²) in [5.74, 6) is -0.599. The zero-order valence-corrected chi connectivity index (χ0v) is 14.4. The average molecular weight is 356 g/mol. The van der Waals surface area contributed by atoms with E-state index in [0.29, 0.717) is 12.2 Å². The maximum atomic E-state index is 13.5. The van der Waals surface area contributed by atoms with Crippen LogP contribution in [0.15, 0.2) is 48.7 Å². The lowest BCUT2D eigenvalue weighted by Crippen LogP contribution is -2.66. The van der Waals surface area contributed by atoms with Gasteiger partial charge in [0.2, 0.25) is 5.91 Å². The molecule has 7 heteroatoms. The Labute approximate surface area is 151 Å². The van der Waals surface area contributed by atoms with Crippen molar-refractivity contribution < 1.29 is 14.0 Å². The monoisotopic (exact) mass is 356 g/mol. The number of nitrogen functional groups attached to an aromatic ring is 1. The molecule has 0 bridgehead atoms. The van der Waals surface area contributed by atoms with Crippen molar-refractivity contribution in [2.75, 3.05) is 12.4 Å². The van der Waals surface area contributed by atoms with Crippen molar-refractivity contribution >= 4 is 17.8 Å². The molecule has 1 aliphatic rings. The largest absolute Gasteiger partial charge is 0.384 e. The number of β-lactam (4-membered cyclic amide) rings is 1. The molecule has 6 nitrogen and oxygen atoms in total. The number of hydrogen-bond donors (Lipinski definition) is 2. The fraction of sp³-hybridized carbons (Fsp3) is 0.316. The predicted molar refractivity (Wildman–Crippen MR) is 95.8 cm³/mol. The van der Waals surface area contributed by atoms with Gasteiger partial charge in [-0.25, -0.2) is 14.2 Å². The summed E-state index contributed by atoms with van der Waals surface area (Å²) in [6.45, 7) is 1.04. The number of likely N-dealkylation sites (tertiary alicyclic amines) is 1. The molecule has 2 heterocycles. The van der Waals surface area contributed by atoms with Crippen molar-refractivity contribution in [2.45, 2.75) is 25.4 Å². The number of imide groups is 1. The van der Waals surface area contributed by atoms with Crippen molar-refractivity contribution in [3.8, 4) is 0 Å². The quantitative estimate of drug-likeness (QED) is 0.806. The number of rotatable bonds is 5. The highest BCUT2D eigenvalue weighted by molar-refractivity contribution is 6.01. The van der Waals surface area contributed by atoms with E-state index in [1.165, 1.54) is 0 Å². The van der Waals surface area contributed by atoms with Gasteiger partial charge in [-0.1, -0.05) is 30.3 Å². The summed E-state index contributed by atoms with van der Waals surface area (Å²) in [6.07, 6.45) is 1.88. The van der Waals surface area contributed by atoms with Crippen molar-refractivity contribution in [1.29, 1.82) is 0 Å². The molecule has 0 radical (unpaired) electrons. The Morgan fingerprint density at radius 1 is 1.35 bits per heavy atom. The van der Waals surface area contributed by atoms with Gasteiger partial charge in [0.15, 0.2) is 0 Å². The summed E-state index contributed by atoms with van der Waals surface area (Å²) >= 11 is 0. The molecule has 1 saturated heterocycles. The van der Waals surface area contributed by atoms with Gasteiger partial charge < -0.3 is 11.1 Å². The smallest absolute Gasteiger partial charge is 0.324 e. The number of halogens is 1. The van der Waals surface area contributed by atoms with Gasteiger partial charge in [-0.15, -0.1) is 0 Å². The first-order valence-corrected chi connectivity index (χ1v) is 8.46. The molecule has 0 aliphatic carbocycles. The molecule has 0 spiro atoms. The van der Waals surface area contributed by atoms with E-state index in [0.717, 1.165) is 16.0 Å². The van der Waals surface area contributed by atoms with Crippen LogP contribution in [0.5, 0.6) is 0 Å². The highest BCUT2D eigenvalue weighted by Gasteiger charge is 2.50. The Hall–Kier alpha value is -2.96. The third-order valence-corrected chi connectivity index (χ3v) is 4.67. The van der Waals surface area contributed by atoms with Gasteiger partial charge in [-0.2, -0.15) is 0 Å². The van der Waals surface area contributed by atoms with Crippen molar-refractivity contribution in [3.05, 3.63) is 59.8 Å². The number of aromatic nitrogens is 1. The van der Waals surface area contributed by atoms with Gasteiger partial charge in [0.25, 0.3) is 0 Å². The molecule has 1 aromatic heterocycles. The summed E-state index contributed by atoms with van der Waals surface area (Å²) in [5.41, 5.74) is 7.35. The number of urea groups is 1. The molecule has 2 aromatic rings. The molecule has 1 aliphatic heterocycles. The number of amides is 3. The van der Waals surface area contributed by atoms with E-state index < -0.39 is 24.7 Å². The molecule has 1 fully saturated rings. The van der Waals surface area contributed by atoms with Crippen molar-refractivity contribution in [1.82, 2.24) is 15.2 Å². The molecule has 0 unspecified atom stereocenters. The molecule has 3 N–H and O–H groups in total. The maximum Gasteiger partial charge on any atom is 0.324 e. The molecular formula is C19H21FN4O2. The highest BCUT2D eigenvalue weighted by atomic mass is 19.1. The van der Waals surface area contributed by atoms with E-state index in [9.17, 15) is 14.0 Å². The summed E-state index contributed by atoms with van der Waals surface area (Å²) in [6, 6.07) is 11.2. The Morgan fingerprint density at radius 3 is 2.73 bits per heavy atom. The van der Waals surface area contributed by atoms with E-state index in [1.54, 1.807) is 18.3 Å². The van der Waals surface area contributed by atoms with Crippen LogP contribution in [0.4, 0.5) is 15.0 Å². The van der Waals surface area contributed by atoms with Crippen LogP contribution in [0, 0.1) is 5.92 Å². The number of hydrogen-bond acceptors (Lipinski definition) is 4. The zero-order chi connectivity index (χ0) is 18.7. The second-order valence-corrected chi connectivity index (χ2v) is 6.41. The van der Waals surface area contributed by atoms with E-state index in [4.69, 9.17) is 5.73 Å². The number of benzene rings is 1. The van der Waals surface area contributed by atoms with Crippen LogP contribution in [0.1, 0.15) is 24.1 Å². The van der Waals surface area contributed by atoms with Crippen LogP contribution in [-0.2, 0) is 11.2 Å². The van der Waals surface area contributed by atoms with E-state index in [1.807, 2.05) is 37.3 Å².